The fourth-order valence-corrected chi connectivity index (χ4v) is 2.51. The molecule has 1 unspecified atom stereocenters. The number of rotatable bonds is 6. The molecule has 0 spiro atoms. The highest BCUT2D eigenvalue weighted by Gasteiger charge is 2.42. The van der Waals surface area contributed by atoms with Gasteiger partial charge in [-0.25, -0.2) is 13.5 Å². The summed E-state index contributed by atoms with van der Waals surface area (Å²) in [5.74, 6) is -3.08. The van der Waals surface area contributed by atoms with E-state index in [1.54, 1.807) is 24.1 Å². The Morgan fingerprint density at radius 2 is 2.30 bits per heavy atom. The van der Waals surface area contributed by atoms with E-state index < -0.39 is 18.4 Å². The Bertz CT molecular complexity index is 426. The third-order valence-electron chi connectivity index (χ3n) is 3.57. The van der Waals surface area contributed by atoms with Gasteiger partial charge in [-0.2, -0.15) is 5.10 Å². The fourth-order valence-electron chi connectivity index (χ4n) is 2.51. The van der Waals surface area contributed by atoms with Crippen molar-refractivity contribution in [2.45, 2.75) is 43.9 Å². The second-order valence-corrected chi connectivity index (χ2v) is 5.06. The highest BCUT2D eigenvalue weighted by atomic mass is 19.3. The third kappa shape index (κ3) is 3.74. The molecule has 0 bridgehead atoms. The first-order chi connectivity index (χ1) is 9.53. The Balaban J connectivity index is 1.97. The van der Waals surface area contributed by atoms with Gasteiger partial charge < -0.3 is 14.6 Å². The normalized spacial score (nSPS) is 25.8. The van der Waals surface area contributed by atoms with E-state index in [1.807, 2.05) is 0 Å². The minimum Gasteiger partial charge on any atom is -0.392 e. The van der Waals surface area contributed by atoms with E-state index in [4.69, 9.17) is 9.47 Å². The van der Waals surface area contributed by atoms with Crippen LogP contribution in [0.5, 0.6) is 0 Å². The van der Waals surface area contributed by atoms with Gasteiger partial charge >= 0.3 is 0 Å². The highest BCUT2D eigenvalue weighted by Crippen LogP contribution is 2.40. The second-order valence-electron chi connectivity index (χ2n) is 5.06. The molecule has 1 aromatic heterocycles. The molecule has 114 valence electrons. The summed E-state index contributed by atoms with van der Waals surface area (Å²) in [6.07, 6.45) is 0.0951. The van der Waals surface area contributed by atoms with Gasteiger partial charge in [-0.3, -0.25) is 0 Å². The average Bonchev–Trinajstić information content (AvgIpc) is 2.82. The van der Waals surface area contributed by atoms with E-state index in [1.165, 1.54) is 0 Å². The third-order valence-corrected chi connectivity index (χ3v) is 3.57. The van der Waals surface area contributed by atoms with Crippen LogP contribution in [0.2, 0.25) is 0 Å². The average molecular weight is 290 g/mol. The molecule has 0 aromatic carbocycles. The van der Waals surface area contributed by atoms with Crippen LogP contribution in [-0.4, -0.2) is 47.2 Å². The monoisotopic (exact) mass is 290 g/mol. The summed E-state index contributed by atoms with van der Waals surface area (Å²) in [6, 6.07) is 1.75. The lowest BCUT2D eigenvalue weighted by Crippen LogP contribution is -2.35. The summed E-state index contributed by atoms with van der Waals surface area (Å²) >= 11 is 0. The van der Waals surface area contributed by atoms with Gasteiger partial charge in [0.15, 0.2) is 0 Å². The Morgan fingerprint density at radius 1 is 1.50 bits per heavy atom. The number of hydrogen-bond donors (Lipinski definition) is 1. The van der Waals surface area contributed by atoms with Crippen molar-refractivity contribution in [1.29, 1.82) is 0 Å². The molecule has 1 N–H and O–H groups in total. The lowest BCUT2D eigenvalue weighted by molar-refractivity contribution is -0.0855. The van der Waals surface area contributed by atoms with Crippen LogP contribution < -0.4 is 0 Å². The summed E-state index contributed by atoms with van der Waals surface area (Å²) in [4.78, 5) is 0. The maximum atomic E-state index is 13.2. The molecule has 1 aliphatic carbocycles. The maximum absolute atomic E-state index is 13.2. The Hall–Kier alpha value is -1.05. The van der Waals surface area contributed by atoms with Crippen LogP contribution >= 0.6 is 0 Å². The van der Waals surface area contributed by atoms with E-state index >= 15 is 0 Å². The standard InChI is InChI=1S/C13H20F2N2O3/c1-19-6-7-20-9-17-11(3-5-16-17)10-2-4-13(14,15)8-12(10)18/h3,5,10,12,18H,2,4,6-9H2,1H3/t10-,12?/m1/s1. The zero-order chi connectivity index (χ0) is 14.6. The van der Waals surface area contributed by atoms with E-state index in [9.17, 15) is 13.9 Å². The summed E-state index contributed by atoms with van der Waals surface area (Å²) in [5.41, 5.74) is 0.741. The van der Waals surface area contributed by atoms with E-state index in [0.29, 0.717) is 13.2 Å². The predicted molar refractivity (Wildman–Crippen MR) is 67.6 cm³/mol. The predicted octanol–water partition coefficient (Wildman–Crippen LogP) is 1.77. The van der Waals surface area contributed by atoms with Crippen LogP contribution in [0.25, 0.3) is 0 Å². The molecule has 2 rings (SSSR count). The quantitative estimate of drug-likeness (QED) is 0.811. The van der Waals surface area contributed by atoms with Crippen LogP contribution in [0.3, 0.4) is 0 Å². The Kier molecular flexibility index (Phi) is 5.06. The van der Waals surface area contributed by atoms with Gasteiger partial charge in [0.2, 0.25) is 0 Å². The Morgan fingerprint density at radius 3 is 3.00 bits per heavy atom. The number of halogens is 2. The Labute approximate surface area is 116 Å². The first-order valence-electron chi connectivity index (χ1n) is 6.68. The zero-order valence-electron chi connectivity index (χ0n) is 11.5. The SMILES string of the molecule is COCCOCn1nccc1[C@H]1CCC(F)(F)CC1O. The van der Waals surface area contributed by atoms with Gasteiger partial charge in [0.1, 0.15) is 6.73 Å². The number of nitrogens with zero attached hydrogens (tertiary/aromatic N) is 2. The molecular weight excluding hydrogens is 270 g/mol. The van der Waals surface area contributed by atoms with Crippen molar-refractivity contribution in [1.82, 2.24) is 9.78 Å². The van der Waals surface area contributed by atoms with Gasteiger partial charge in [0, 0.05) is 37.8 Å². The zero-order valence-corrected chi connectivity index (χ0v) is 11.5. The van der Waals surface area contributed by atoms with Crippen LogP contribution in [0.1, 0.15) is 30.9 Å². The van der Waals surface area contributed by atoms with Gasteiger partial charge in [0.25, 0.3) is 5.92 Å². The molecule has 0 saturated heterocycles. The lowest BCUT2D eigenvalue weighted by Gasteiger charge is -2.33. The van der Waals surface area contributed by atoms with Crippen LogP contribution in [0.15, 0.2) is 12.3 Å². The van der Waals surface area contributed by atoms with Crippen molar-refractivity contribution in [3.8, 4) is 0 Å². The highest BCUT2D eigenvalue weighted by molar-refractivity contribution is 5.12. The number of alkyl halides is 2. The molecule has 7 heteroatoms. The largest absolute Gasteiger partial charge is 0.392 e. The first kappa shape index (κ1) is 15.3. The first-order valence-corrected chi connectivity index (χ1v) is 6.68. The summed E-state index contributed by atoms with van der Waals surface area (Å²) in [7, 11) is 1.58. The molecule has 1 fully saturated rings. The molecule has 1 aromatic rings. The van der Waals surface area contributed by atoms with Crippen molar-refractivity contribution in [3.05, 3.63) is 18.0 Å². The van der Waals surface area contributed by atoms with Gasteiger partial charge in [0.05, 0.1) is 19.3 Å². The molecule has 1 heterocycles. The van der Waals surface area contributed by atoms with Crippen molar-refractivity contribution >= 4 is 0 Å². The molecule has 20 heavy (non-hydrogen) atoms. The van der Waals surface area contributed by atoms with Crippen LogP contribution in [-0.2, 0) is 16.2 Å². The number of aliphatic hydroxyl groups excluding tert-OH is 1. The number of methoxy groups -OCH3 is 1. The summed E-state index contributed by atoms with van der Waals surface area (Å²) in [6.45, 7) is 1.14. The van der Waals surface area contributed by atoms with Gasteiger partial charge in [-0.1, -0.05) is 0 Å². The summed E-state index contributed by atoms with van der Waals surface area (Å²) in [5, 5.41) is 14.0. The molecule has 1 aliphatic rings. The summed E-state index contributed by atoms with van der Waals surface area (Å²) < 4.78 is 38.3. The number of aliphatic hydroxyl groups is 1. The topological polar surface area (TPSA) is 56.5 Å². The smallest absolute Gasteiger partial charge is 0.250 e. The van der Waals surface area contributed by atoms with E-state index in [2.05, 4.69) is 5.10 Å². The minimum absolute atomic E-state index is 0.204. The van der Waals surface area contributed by atoms with Crippen molar-refractivity contribution in [2.75, 3.05) is 20.3 Å². The molecule has 5 nitrogen and oxygen atoms in total. The minimum atomic E-state index is -2.77. The van der Waals surface area contributed by atoms with Crippen molar-refractivity contribution in [2.24, 2.45) is 0 Å². The number of aromatic nitrogens is 2. The molecule has 0 aliphatic heterocycles. The van der Waals surface area contributed by atoms with Gasteiger partial charge in [-0.15, -0.1) is 0 Å². The van der Waals surface area contributed by atoms with Gasteiger partial charge in [-0.05, 0) is 12.5 Å². The lowest BCUT2D eigenvalue weighted by atomic mass is 9.82. The molecule has 2 atom stereocenters. The second kappa shape index (κ2) is 6.60. The van der Waals surface area contributed by atoms with E-state index in [0.717, 1.165) is 5.69 Å². The van der Waals surface area contributed by atoms with E-state index in [-0.39, 0.29) is 25.5 Å². The van der Waals surface area contributed by atoms with Crippen molar-refractivity contribution < 1.29 is 23.4 Å². The van der Waals surface area contributed by atoms with Crippen molar-refractivity contribution in [3.63, 3.8) is 0 Å². The molecular formula is C13H20F2N2O3. The number of hydrogen-bond acceptors (Lipinski definition) is 4. The molecule has 0 amide bonds. The molecule has 1 saturated carbocycles. The maximum Gasteiger partial charge on any atom is 0.250 e. The van der Waals surface area contributed by atoms with Crippen LogP contribution in [0.4, 0.5) is 8.78 Å². The molecule has 0 radical (unpaired) electrons. The van der Waals surface area contributed by atoms with Crippen LogP contribution in [0, 0.1) is 0 Å². The fraction of sp³-hybridized carbons (Fsp3) is 0.769. The number of ether oxygens (including phenoxy) is 2.